The lowest BCUT2D eigenvalue weighted by Gasteiger charge is -2.34. The first kappa shape index (κ1) is 16.4. The summed E-state index contributed by atoms with van der Waals surface area (Å²) in [5.74, 6) is -0.354. The number of hydrogen-bond acceptors (Lipinski definition) is 5. The Hall–Kier alpha value is -0.650. The summed E-state index contributed by atoms with van der Waals surface area (Å²) < 4.78 is 10.4. The van der Waals surface area contributed by atoms with Gasteiger partial charge in [0.15, 0.2) is 0 Å². The van der Waals surface area contributed by atoms with E-state index in [0.29, 0.717) is 12.5 Å². The van der Waals surface area contributed by atoms with Crippen molar-refractivity contribution in [1.29, 1.82) is 0 Å². The van der Waals surface area contributed by atoms with Crippen molar-refractivity contribution in [2.24, 2.45) is 5.73 Å². The zero-order valence-corrected chi connectivity index (χ0v) is 12.6. The van der Waals surface area contributed by atoms with E-state index in [2.05, 4.69) is 18.7 Å². The van der Waals surface area contributed by atoms with E-state index in [9.17, 15) is 4.79 Å². The van der Waals surface area contributed by atoms with Gasteiger partial charge in [-0.3, -0.25) is 9.69 Å². The summed E-state index contributed by atoms with van der Waals surface area (Å²) in [6.07, 6.45) is 3.18. The van der Waals surface area contributed by atoms with Gasteiger partial charge in [0.1, 0.15) is 5.54 Å². The van der Waals surface area contributed by atoms with Crippen molar-refractivity contribution >= 4 is 5.97 Å². The molecule has 0 radical (unpaired) electrons. The Kier molecular flexibility index (Phi) is 6.23. The zero-order chi connectivity index (χ0) is 14.5. The highest BCUT2D eigenvalue weighted by Gasteiger charge is 2.33. The molecule has 19 heavy (non-hydrogen) atoms. The van der Waals surface area contributed by atoms with Crippen LogP contribution in [0.15, 0.2) is 0 Å². The molecule has 1 aliphatic rings. The summed E-state index contributed by atoms with van der Waals surface area (Å²) in [6, 6.07) is 0.225. The van der Waals surface area contributed by atoms with Crippen LogP contribution in [-0.2, 0) is 14.3 Å². The number of esters is 1. The fourth-order valence-corrected chi connectivity index (χ4v) is 2.73. The number of hydrogen-bond donors (Lipinski definition) is 1. The number of likely N-dealkylation sites (N-methyl/N-ethyl adjacent to an activating group) is 1. The molecule has 0 saturated carbocycles. The zero-order valence-electron chi connectivity index (χ0n) is 12.6. The van der Waals surface area contributed by atoms with E-state index in [0.717, 1.165) is 32.5 Å². The molecule has 5 nitrogen and oxygen atoms in total. The predicted molar refractivity (Wildman–Crippen MR) is 74.9 cm³/mol. The summed E-state index contributed by atoms with van der Waals surface area (Å²) in [5.41, 5.74) is 5.11. The maximum Gasteiger partial charge on any atom is 0.325 e. The number of methoxy groups -OCH3 is 1. The molecule has 1 heterocycles. The molecule has 1 fully saturated rings. The maximum absolute atomic E-state index is 11.6. The largest absolute Gasteiger partial charge is 0.468 e. The van der Waals surface area contributed by atoms with Gasteiger partial charge in [0, 0.05) is 19.2 Å². The van der Waals surface area contributed by atoms with Gasteiger partial charge in [0.05, 0.1) is 13.2 Å². The van der Waals surface area contributed by atoms with Gasteiger partial charge in [-0.1, -0.05) is 6.92 Å². The summed E-state index contributed by atoms with van der Waals surface area (Å²) in [6.45, 7) is 8.67. The van der Waals surface area contributed by atoms with Gasteiger partial charge in [-0.25, -0.2) is 0 Å². The van der Waals surface area contributed by atoms with Crippen LogP contribution in [0.2, 0.25) is 0 Å². The first-order valence-corrected chi connectivity index (χ1v) is 7.13. The van der Waals surface area contributed by atoms with E-state index in [1.807, 2.05) is 0 Å². The smallest absolute Gasteiger partial charge is 0.325 e. The minimum Gasteiger partial charge on any atom is -0.468 e. The van der Waals surface area contributed by atoms with Crippen molar-refractivity contribution in [2.75, 3.05) is 26.8 Å². The molecular weight excluding hydrogens is 244 g/mol. The van der Waals surface area contributed by atoms with Gasteiger partial charge in [-0.15, -0.1) is 0 Å². The molecule has 0 aromatic rings. The van der Waals surface area contributed by atoms with E-state index < -0.39 is 5.54 Å². The Balaban J connectivity index is 2.52. The van der Waals surface area contributed by atoms with Crippen LogP contribution in [-0.4, -0.2) is 55.4 Å². The number of ether oxygens (including phenoxy) is 2. The second kappa shape index (κ2) is 7.22. The third-order valence-electron chi connectivity index (χ3n) is 3.86. The highest BCUT2D eigenvalue weighted by atomic mass is 16.5. The monoisotopic (exact) mass is 272 g/mol. The molecular formula is C14H28N2O3. The van der Waals surface area contributed by atoms with Gasteiger partial charge in [-0.05, 0) is 39.7 Å². The Morgan fingerprint density at radius 3 is 2.79 bits per heavy atom. The second-order valence-electron chi connectivity index (χ2n) is 5.68. The molecule has 0 amide bonds. The topological polar surface area (TPSA) is 64.8 Å². The van der Waals surface area contributed by atoms with Crippen molar-refractivity contribution in [3.8, 4) is 0 Å². The van der Waals surface area contributed by atoms with Gasteiger partial charge in [0.2, 0.25) is 0 Å². The Labute approximate surface area is 116 Å². The SMILES string of the molecule is CCN(CC1CCCO1)C(C)CC(C)(N)C(=O)OC. The van der Waals surface area contributed by atoms with Crippen LogP contribution in [0.5, 0.6) is 0 Å². The number of nitrogens with two attached hydrogens (primary N) is 1. The Morgan fingerprint density at radius 2 is 2.32 bits per heavy atom. The molecule has 0 aliphatic carbocycles. The number of carbonyl (C=O) groups excluding carboxylic acids is 1. The van der Waals surface area contributed by atoms with Gasteiger partial charge in [0.25, 0.3) is 0 Å². The van der Waals surface area contributed by atoms with Crippen LogP contribution in [0.4, 0.5) is 0 Å². The molecule has 5 heteroatoms. The molecule has 1 saturated heterocycles. The normalized spacial score (nSPS) is 24.2. The molecule has 1 aliphatic heterocycles. The molecule has 0 aromatic heterocycles. The lowest BCUT2D eigenvalue weighted by Crippen LogP contribution is -2.51. The average Bonchev–Trinajstić information content (AvgIpc) is 2.86. The third-order valence-corrected chi connectivity index (χ3v) is 3.86. The van der Waals surface area contributed by atoms with Crippen molar-refractivity contribution in [2.45, 2.75) is 57.7 Å². The van der Waals surface area contributed by atoms with E-state index in [1.54, 1.807) is 6.92 Å². The van der Waals surface area contributed by atoms with Crippen LogP contribution in [0.3, 0.4) is 0 Å². The summed E-state index contributed by atoms with van der Waals surface area (Å²) in [5, 5.41) is 0. The van der Waals surface area contributed by atoms with Crippen molar-refractivity contribution in [1.82, 2.24) is 4.90 Å². The van der Waals surface area contributed by atoms with Gasteiger partial charge < -0.3 is 15.2 Å². The van der Waals surface area contributed by atoms with Gasteiger partial charge in [-0.2, -0.15) is 0 Å². The minimum atomic E-state index is -0.932. The van der Waals surface area contributed by atoms with Crippen LogP contribution in [0, 0.1) is 0 Å². The standard InChI is InChI=1S/C14H28N2O3/c1-5-16(10-12-7-6-8-19-12)11(2)9-14(3,15)13(17)18-4/h11-12H,5-10,15H2,1-4H3. The van der Waals surface area contributed by atoms with Crippen LogP contribution in [0.1, 0.15) is 40.0 Å². The molecule has 0 aromatic carbocycles. The Bertz CT molecular complexity index is 288. The molecule has 3 unspecified atom stereocenters. The average molecular weight is 272 g/mol. The quantitative estimate of drug-likeness (QED) is 0.704. The van der Waals surface area contributed by atoms with Crippen LogP contribution >= 0.6 is 0 Å². The lowest BCUT2D eigenvalue weighted by molar-refractivity contribution is -0.147. The van der Waals surface area contributed by atoms with Crippen molar-refractivity contribution in [3.05, 3.63) is 0 Å². The van der Waals surface area contributed by atoms with E-state index >= 15 is 0 Å². The van der Waals surface area contributed by atoms with Crippen LogP contribution in [0.25, 0.3) is 0 Å². The molecule has 0 spiro atoms. The molecule has 0 bridgehead atoms. The highest BCUT2D eigenvalue weighted by Crippen LogP contribution is 2.19. The predicted octanol–water partition coefficient (Wildman–Crippen LogP) is 1.16. The molecule has 2 N–H and O–H groups in total. The summed E-state index contributed by atoms with van der Waals surface area (Å²) >= 11 is 0. The molecule has 1 rings (SSSR count). The van der Waals surface area contributed by atoms with E-state index in [-0.39, 0.29) is 12.0 Å². The van der Waals surface area contributed by atoms with E-state index in [4.69, 9.17) is 15.2 Å². The van der Waals surface area contributed by atoms with Crippen molar-refractivity contribution < 1.29 is 14.3 Å². The first-order chi connectivity index (χ1) is 8.90. The summed E-state index contributed by atoms with van der Waals surface area (Å²) in [4.78, 5) is 14.0. The molecule has 112 valence electrons. The maximum atomic E-state index is 11.6. The number of rotatable bonds is 7. The first-order valence-electron chi connectivity index (χ1n) is 7.13. The lowest BCUT2D eigenvalue weighted by atomic mass is 9.94. The Morgan fingerprint density at radius 1 is 1.63 bits per heavy atom. The fraction of sp³-hybridized carbons (Fsp3) is 0.929. The molecule has 3 atom stereocenters. The van der Waals surface area contributed by atoms with E-state index in [1.165, 1.54) is 7.11 Å². The fourth-order valence-electron chi connectivity index (χ4n) is 2.73. The minimum absolute atomic E-state index is 0.225. The second-order valence-corrected chi connectivity index (χ2v) is 5.68. The highest BCUT2D eigenvalue weighted by molar-refractivity contribution is 5.79. The van der Waals surface area contributed by atoms with Crippen LogP contribution < -0.4 is 5.73 Å². The van der Waals surface area contributed by atoms with Crippen molar-refractivity contribution in [3.63, 3.8) is 0 Å². The summed E-state index contributed by atoms with van der Waals surface area (Å²) in [7, 11) is 1.38. The van der Waals surface area contributed by atoms with Gasteiger partial charge >= 0.3 is 5.97 Å². The number of nitrogens with zero attached hydrogens (tertiary/aromatic N) is 1. The number of carbonyl (C=O) groups is 1. The third kappa shape index (κ3) is 4.75.